The van der Waals surface area contributed by atoms with Crippen molar-refractivity contribution in [1.82, 2.24) is 4.72 Å². The summed E-state index contributed by atoms with van der Waals surface area (Å²) in [5.41, 5.74) is -0.639. The number of methoxy groups -OCH3 is 1. The molecule has 29 heavy (non-hydrogen) atoms. The average molecular weight is 451 g/mol. The summed E-state index contributed by atoms with van der Waals surface area (Å²) in [5.74, 6) is -0.807. The zero-order chi connectivity index (χ0) is 22.0. The van der Waals surface area contributed by atoms with Crippen LogP contribution in [0.25, 0.3) is 0 Å². The van der Waals surface area contributed by atoms with Crippen molar-refractivity contribution >= 4 is 33.2 Å². The molecule has 158 valence electrons. The predicted octanol–water partition coefficient (Wildman–Crippen LogP) is 3.98. The number of rotatable bonds is 6. The third kappa shape index (κ3) is 5.62. The minimum Gasteiger partial charge on any atom is -0.495 e. The van der Waals surface area contributed by atoms with E-state index >= 15 is 0 Å². The smallest absolute Gasteiger partial charge is 0.416 e. The van der Waals surface area contributed by atoms with Gasteiger partial charge >= 0.3 is 6.18 Å². The number of halogens is 4. The van der Waals surface area contributed by atoms with Gasteiger partial charge < -0.3 is 10.1 Å². The lowest BCUT2D eigenvalue weighted by atomic mass is 10.2. The molecule has 0 aliphatic rings. The second-order valence-corrected chi connectivity index (χ2v) is 8.27. The number of alkyl halides is 3. The molecule has 0 bridgehead atoms. The third-order valence-electron chi connectivity index (χ3n) is 3.89. The minimum absolute atomic E-state index is 0.0802. The van der Waals surface area contributed by atoms with Crippen LogP contribution in [0.5, 0.6) is 5.75 Å². The molecule has 2 N–H and O–H groups in total. The first-order valence-electron chi connectivity index (χ1n) is 8.19. The van der Waals surface area contributed by atoms with E-state index in [0.717, 1.165) is 12.1 Å². The van der Waals surface area contributed by atoms with Crippen LogP contribution in [0.1, 0.15) is 18.1 Å². The lowest BCUT2D eigenvalue weighted by Gasteiger charge is -2.17. The highest BCUT2D eigenvalue weighted by Crippen LogP contribution is 2.34. The molecule has 0 aromatic heterocycles. The van der Waals surface area contributed by atoms with E-state index in [0.29, 0.717) is 11.6 Å². The number of nitrogens with one attached hydrogen (secondary N) is 2. The van der Waals surface area contributed by atoms with Crippen LogP contribution >= 0.6 is 11.6 Å². The maximum Gasteiger partial charge on any atom is 0.416 e. The van der Waals surface area contributed by atoms with Gasteiger partial charge in [-0.1, -0.05) is 17.7 Å². The van der Waals surface area contributed by atoms with Crippen molar-refractivity contribution in [2.24, 2.45) is 0 Å². The largest absolute Gasteiger partial charge is 0.495 e. The monoisotopic (exact) mass is 450 g/mol. The zero-order valence-electron chi connectivity index (χ0n) is 15.6. The number of ether oxygens (including phenoxy) is 1. The highest BCUT2D eigenvalue weighted by molar-refractivity contribution is 7.89. The number of hydrogen-bond acceptors (Lipinski definition) is 4. The summed E-state index contributed by atoms with van der Waals surface area (Å²) in [6, 6.07) is 5.62. The molecule has 2 rings (SSSR count). The standard InChI is InChI=1S/C18H18ClF3N2O4S/c1-10-4-7-15(28-3)16(8-10)29(26,27)24-11(2)17(25)23-14-9-12(18(20,21)22)5-6-13(14)19/h4-9,11,24H,1-3H3,(H,23,25). The summed E-state index contributed by atoms with van der Waals surface area (Å²) < 4.78 is 71.0. The van der Waals surface area contributed by atoms with Gasteiger partial charge in [-0.05, 0) is 49.7 Å². The number of carbonyl (C=O) groups excluding carboxylic acids is 1. The van der Waals surface area contributed by atoms with E-state index < -0.39 is 33.7 Å². The SMILES string of the molecule is COc1ccc(C)cc1S(=O)(=O)NC(C)C(=O)Nc1cc(C(F)(F)F)ccc1Cl. The molecule has 0 heterocycles. The van der Waals surface area contributed by atoms with Gasteiger partial charge in [-0.2, -0.15) is 17.9 Å². The lowest BCUT2D eigenvalue weighted by Crippen LogP contribution is -2.41. The molecule has 11 heteroatoms. The van der Waals surface area contributed by atoms with Crippen molar-refractivity contribution < 1.29 is 31.1 Å². The summed E-state index contributed by atoms with van der Waals surface area (Å²) in [6.07, 6.45) is -4.63. The van der Waals surface area contributed by atoms with Crippen LogP contribution in [0.2, 0.25) is 5.02 Å². The third-order valence-corrected chi connectivity index (χ3v) is 5.78. The molecule has 1 atom stereocenters. The van der Waals surface area contributed by atoms with E-state index in [1.807, 2.05) is 0 Å². The van der Waals surface area contributed by atoms with Crippen LogP contribution in [0, 0.1) is 6.92 Å². The Bertz CT molecular complexity index is 1030. The maximum absolute atomic E-state index is 12.9. The molecule has 0 spiro atoms. The van der Waals surface area contributed by atoms with Gasteiger partial charge in [0.05, 0.1) is 29.4 Å². The Morgan fingerprint density at radius 2 is 1.83 bits per heavy atom. The Morgan fingerprint density at radius 1 is 1.17 bits per heavy atom. The topological polar surface area (TPSA) is 84.5 Å². The van der Waals surface area contributed by atoms with Gasteiger partial charge in [0, 0.05) is 0 Å². The molecule has 0 aliphatic carbocycles. The average Bonchev–Trinajstić information content (AvgIpc) is 2.62. The van der Waals surface area contributed by atoms with E-state index in [9.17, 15) is 26.4 Å². The van der Waals surface area contributed by atoms with Crippen LogP contribution in [-0.2, 0) is 21.0 Å². The number of sulfonamides is 1. The van der Waals surface area contributed by atoms with Gasteiger partial charge in [0.15, 0.2) is 0 Å². The molecule has 0 fully saturated rings. The normalized spacial score (nSPS) is 13.1. The molecule has 2 aromatic rings. The quantitative estimate of drug-likeness (QED) is 0.697. The van der Waals surface area contributed by atoms with Crippen LogP contribution in [0.15, 0.2) is 41.3 Å². The fraction of sp³-hybridized carbons (Fsp3) is 0.278. The van der Waals surface area contributed by atoms with Gasteiger partial charge in [0.2, 0.25) is 15.9 Å². The van der Waals surface area contributed by atoms with Crippen LogP contribution < -0.4 is 14.8 Å². The van der Waals surface area contributed by atoms with Crippen molar-refractivity contribution in [2.75, 3.05) is 12.4 Å². The van der Waals surface area contributed by atoms with Gasteiger partial charge in [-0.3, -0.25) is 4.79 Å². The molecule has 1 amide bonds. The summed E-state index contributed by atoms with van der Waals surface area (Å²) in [5, 5.41) is 2.08. The van der Waals surface area contributed by atoms with E-state index in [1.54, 1.807) is 13.0 Å². The van der Waals surface area contributed by atoms with Crippen LogP contribution in [0.3, 0.4) is 0 Å². The van der Waals surface area contributed by atoms with E-state index in [4.69, 9.17) is 16.3 Å². The fourth-order valence-electron chi connectivity index (χ4n) is 2.38. The molecular formula is C18H18ClF3N2O4S. The van der Waals surface area contributed by atoms with Gasteiger partial charge in [-0.25, -0.2) is 8.42 Å². The van der Waals surface area contributed by atoms with E-state index in [-0.39, 0.29) is 21.4 Å². The van der Waals surface area contributed by atoms with Crippen molar-refractivity contribution in [3.05, 3.63) is 52.5 Å². The summed E-state index contributed by atoms with van der Waals surface area (Å²) >= 11 is 5.84. The number of amides is 1. The summed E-state index contributed by atoms with van der Waals surface area (Å²) in [4.78, 5) is 12.2. The second kappa shape index (κ2) is 8.60. The Labute approximate surface area is 171 Å². The van der Waals surface area contributed by atoms with Gasteiger partial charge in [0.1, 0.15) is 10.6 Å². The molecule has 2 aromatic carbocycles. The second-order valence-electron chi connectivity index (χ2n) is 6.18. The molecule has 0 aliphatic heterocycles. The minimum atomic E-state index is -4.63. The summed E-state index contributed by atoms with van der Waals surface area (Å²) in [6.45, 7) is 2.93. The molecule has 0 radical (unpaired) electrons. The first kappa shape index (κ1) is 23.0. The Kier molecular flexibility index (Phi) is 6.82. The van der Waals surface area contributed by atoms with Crippen LogP contribution in [-0.4, -0.2) is 27.5 Å². The lowest BCUT2D eigenvalue weighted by molar-refractivity contribution is -0.137. The molecular weight excluding hydrogens is 433 g/mol. The number of anilines is 1. The number of carbonyl (C=O) groups is 1. The van der Waals surface area contributed by atoms with Gasteiger partial charge in [0.25, 0.3) is 0 Å². The van der Waals surface area contributed by atoms with Crippen molar-refractivity contribution in [2.45, 2.75) is 31.0 Å². The Morgan fingerprint density at radius 3 is 2.41 bits per heavy atom. The highest BCUT2D eigenvalue weighted by Gasteiger charge is 2.31. The Balaban J connectivity index is 2.23. The maximum atomic E-state index is 12.9. The number of benzene rings is 2. The van der Waals surface area contributed by atoms with Crippen LogP contribution in [0.4, 0.5) is 18.9 Å². The van der Waals surface area contributed by atoms with Crippen molar-refractivity contribution in [3.8, 4) is 5.75 Å². The molecule has 0 saturated carbocycles. The summed E-state index contributed by atoms with van der Waals surface area (Å²) in [7, 11) is -2.85. The molecule has 1 unspecified atom stereocenters. The number of hydrogen-bond donors (Lipinski definition) is 2. The van der Waals surface area contributed by atoms with Crippen molar-refractivity contribution in [1.29, 1.82) is 0 Å². The first-order valence-corrected chi connectivity index (χ1v) is 10.1. The zero-order valence-corrected chi connectivity index (χ0v) is 17.2. The first-order chi connectivity index (χ1) is 13.3. The van der Waals surface area contributed by atoms with E-state index in [1.165, 1.54) is 26.2 Å². The Hall–Kier alpha value is -2.30. The van der Waals surface area contributed by atoms with Gasteiger partial charge in [-0.15, -0.1) is 0 Å². The van der Waals surface area contributed by atoms with E-state index in [2.05, 4.69) is 10.0 Å². The molecule has 6 nitrogen and oxygen atoms in total. The fourth-order valence-corrected chi connectivity index (χ4v) is 4.00. The number of aryl methyl sites for hydroxylation is 1. The predicted molar refractivity (Wildman–Crippen MR) is 103 cm³/mol. The highest BCUT2D eigenvalue weighted by atomic mass is 35.5. The van der Waals surface area contributed by atoms with Crippen molar-refractivity contribution in [3.63, 3.8) is 0 Å². The molecule has 0 saturated heterocycles.